The first-order valence-corrected chi connectivity index (χ1v) is 12.4. The monoisotopic (exact) mass is 506 g/mol. The van der Waals surface area contributed by atoms with Crippen molar-refractivity contribution in [2.24, 2.45) is 0 Å². The maximum absolute atomic E-state index is 13.1. The van der Waals surface area contributed by atoms with Crippen LogP contribution in [0.1, 0.15) is 50.3 Å². The fourth-order valence-corrected chi connectivity index (χ4v) is 5.19. The van der Waals surface area contributed by atoms with Crippen LogP contribution < -0.4 is 10.9 Å². The van der Waals surface area contributed by atoms with Gasteiger partial charge in [0.05, 0.1) is 16.9 Å². The number of rotatable bonds is 5. The minimum absolute atomic E-state index is 0.0136. The van der Waals surface area contributed by atoms with Gasteiger partial charge in [-0.1, -0.05) is 30.3 Å². The van der Waals surface area contributed by atoms with Crippen LogP contribution >= 0.6 is 11.3 Å². The van der Waals surface area contributed by atoms with Crippen molar-refractivity contribution in [1.82, 2.24) is 30.9 Å². The van der Waals surface area contributed by atoms with Gasteiger partial charge in [-0.25, -0.2) is 9.37 Å². The molecule has 3 amide bonds. The fraction of sp³-hybridized carbons (Fsp3) is 0.240. The van der Waals surface area contributed by atoms with Gasteiger partial charge >= 0.3 is 0 Å². The highest BCUT2D eigenvalue weighted by molar-refractivity contribution is 7.09. The molecule has 184 valence electrons. The van der Waals surface area contributed by atoms with Crippen molar-refractivity contribution in [3.05, 3.63) is 81.7 Å². The lowest BCUT2D eigenvalue weighted by Crippen LogP contribution is -2.42. The number of piperidine rings is 1. The molecule has 0 aliphatic carbocycles. The van der Waals surface area contributed by atoms with E-state index in [0.29, 0.717) is 18.5 Å². The summed E-state index contributed by atoms with van der Waals surface area (Å²) in [6.45, 7) is 1.19. The van der Waals surface area contributed by atoms with E-state index in [1.807, 2.05) is 11.0 Å². The number of halogens is 1. The van der Waals surface area contributed by atoms with Crippen LogP contribution in [0.4, 0.5) is 4.39 Å². The van der Waals surface area contributed by atoms with E-state index in [1.54, 1.807) is 35.7 Å². The molecule has 2 aromatic carbocycles. The molecule has 1 saturated heterocycles. The number of hydrogen-bond acceptors (Lipinski definition) is 6. The first kappa shape index (κ1) is 23.6. The smallest absolute Gasteiger partial charge is 0.290 e. The van der Waals surface area contributed by atoms with Crippen molar-refractivity contribution in [2.75, 3.05) is 13.1 Å². The molecule has 0 spiro atoms. The Balaban J connectivity index is 1.12. The lowest BCUT2D eigenvalue weighted by atomic mass is 9.97. The summed E-state index contributed by atoms with van der Waals surface area (Å²) < 4.78 is 13.1. The van der Waals surface area contributed by atoms with Gasteiger partial charge in [0.15, 0.2) is 5.69 Å². The number of nitrogens with one attached hydrogen (secondary N) is 3. The summed E-state index contributed by atoms with van der Waals surface area (Å²) in [4.78, 5) is 43.9. The number of para-hydroxylation sites is 1. The highest BCUT2D eigenvalue weighted by Gasteiger charge is 2.26. The first-order chi connectivity index (χ1) is 17.5. The number of carbonyl (C=O) groups is 3. The van der Waals surface area contributed by atoms with Gasteiger partial charge in [-0.2, -0.15) is 5.10 Å². The third-order valence-corrected chi connectivity index (χ3v) is 7.20. The minimum Gasteiger partial charge on any atom is -0.342 e. The van der Waals surface area contributed by atoms with E-state index < -0.39 is 11.8 Å². The number of nitrogens with zero attached hydrogens (tertiary/aromatic N) is 3. The Bertz CT molecular complexity index is 1410. The van der Waals surface area contributed by atoms with Crippen molar-refractivity contribution in [1.29, 1.82) is 0 Å². The molecule has 1 fully saturated rings. The molecule has 2 aromatic heterocycles. The number of fused-ring (bicyclic) bond motifs is 1. The normalized spacial score (nSPS) is 14.1. The highest BCUT2D eigenvalue weighted by atomic mass is 32.1. The second-order valence-electron chi connectivity index (χ2n) is 8.56. The van der Waals surface area contributed by atoms with E-state index >= 15 is 0 Å². The first-order valence-electron chi connectivity index (χ1n) is 11.5. The number of amides is 3. The second-order valence-corrected chi connectivity index (χ2v) is 9.45. The number of hydrogen-bond donors (Lipinski definition) is 3. The molecule has 9 nitrogen and oxygen atoms in total. The van der Waals surface area contributed by atoms with E-state index in [1.165, 1.54) is 23.5 Å². The largest absolute Gasteiger partial charge is 0.342 e. The number of H-pyrrole nitrogens is 1. The SMILES string of the molecule is O=C(NNC(=O)c1n[nH]c2ccccc12)c1csc(C2CCN(C(=O)Cc3ccc(F)cc3)CC2)n1. The van der Waals surface area contributed by atoms with Crippen molar-refractivity contribution in [2.45, 2.75) is 25.2 Å². The van der Waals surface area contributed by atoms with E-state index in [-0.39, 0.29) is 35.5 Å². The fourth-order valence-electron chi connectivity index (χ4n) is 4.22. The van der Waals surface area contributed by atoms with E-state index in [2.05, 4.69) is 26.0 Å². The van der Waals surface area contributed by atoms with Gasteiger partial charge in [0, 0.05) is 29.8 Å². The summed E-state index contributed by atoms with van der Waals surface area (Å²) in [6, 6.07) is 13.2. The molecule has 0 unspecified atom stereocenters. The summed E-state index contributed by atoms with van der Waals surface area (Å²) >= 11 is 1.39. The Labute approximate surface area is 209 Å². The maximum Gasteiger partial charge on any atom is 0.290 e. The van der Waals surface area contributed by atoms with Gasteiger partial charge in [0.25, 0.3) is 11.8 Å². The molecule has 1 aliphatic heterocycles. The molecule has 0 saturated carbocycles. The Morgan fingerprint density at radius 2 is 1.75 bits per heavy atom. The molecule has 0 atom stereocenters. The van der Waals surface area contributed by atoms with E-state index in [4.69, 9.17) is 0 Å². The average Bonchev–Trinajstić information content (AvgIpc) is 3.56. The van der Waals surface area contributed by atoms with Gasteiger partial charge < -0.3 is 4.90 Å². The summed E-state index contributed by atoms with van der Waals surface area (Å²) in [7, 11) is 0. The molecular weight excluding hydrogens is 483 g/mol. The minimum atomic E-state index is -0.533. The third-order valence-electron chi connectivity index (χ3n) is 6.20. The van der Waals surface area contributed by atoms with Gasteiger partial charge in [0.2, 0.25) is 5.91 Å². The lowest BCUT2D eigenvalue weighted by Gasteiger charge is -2.31. The molecule has 36 heavy (non-hydrogen) atoms. The van der Waals surface area contributed by atoms with E-state index in [0.717, 1.165) is 28.9 Å². The van der Waals surface area contributed by atoms with Crippen LogP contribution in [-0.2, 0) is 11.2 Å². The zero-order valence-electron chi connectivity index (χ0n) is 19.2. The zero-order chi connectivity index (χ0) is 25.1. The van der Waals surface area contributed by atoms with Crippen molar-refractivity contribution < 1.29 is 18.8 Å². The lowest BCUT2D eigenvalue weighted by molar-refractivity contribution is -0.131. The number of hydrazine groups is 1. The van der Waals surface area contributed by atoms with Crippen LogP contribution in [0, 0.1) is 5.82 Å². The van der Waals surface area contributed by atoms with Crippen LogP contribution in [0.5, 0.6) is 0 Å². The van der Waals surface area contributed by atoms with E-state index in [9.17, 15) is 18.8 Å². The summed E-state index contributed by atoms with van der Waals surface area (Å²) in [5, 5.41) is 9.94. The number of aromatic amines is 1. The third kappa shape index (κ3) is 5.10. The molecule has 1 aliphatic rings. The molecule has 3 heterocycles. The number of carbonyl (C=O) groups excluding carboxylic acids is 3. The highest BCUT2D eigenvalue weighted by Crippen LogP contribution is 2.30. The Morgan fingerprint density at radius 3 is 2.53 bits per heavy atom. The van der Waals surface area contributed by atoms with Crippen LogP contribution in [0.3, 0.4) is 0 Å². The van der Waals surface area contributed by atoms with Gasteiger partial charge in [-0.05, 0) is 36.6 Å². The van der Waals surface area contributed by atoms with Crippen LogP contribution in [0.2, 0.25) is 0 Å². The zero-order valence-corrected chi connectivity index (χ0v) is 20.0. The Hall–Kier alpha value is -4.12. The van der Waals surface area contributed by atoms with Crippen LogP contribution in [-0.4, -0.2) is 50.9 Å². The molecule has 0 radical (unpaired) electrons. The molecule has 3 N–H and O–H groups in total. The molecular formula is C25H23FN6O3S. The Morgan fingerprint density at radius 1 is 1.03 bits per heavy atom. The quantitative estimate of drug-likeness (QED) is 0.359. The number of thiazole rings is 1. The standard InChI is InChI=1S/C25H23FN6O3S/c26-17-7-5-15(6-8-17)13-21(33)32-11-9-16(10-12-32)25-27-20(14-36-25)23(34)30-31-24(35)22-18-3-1-2-4-19(18)28-29-22/h1-8,14,16H,9-13H2,(H,28,29)(H,30,34)(H,31,35). The maximum atomic E-state index is 13.1. The second kappa shape index (κ2) is 10.2. The average molecular weight is 507 g/mol. The van der Waals surface area contributed by atoms with Gasteiger partial charge in [-0.3, -0.25) is 30.3 Å². The molecule has 4 aromatic rings. The summed E-state index contributed by atoms with van der Waals surface area (Å²) in [5.74, 6) is -1.21. The number of benzene rings is 2. The van der Waals surface area contributed by atoms with Gasteiger partial charge in [0.1, 0.15) is 11.5 Å². The predicted molar refractivity (Wildman–Crippen MR) is 132 cm³/mol. The van der Waals surface area contributed by atoms with Crippen molar-refractivity contribution >= 4 is 40.0 Å². The molecule has 11 heteroatoms. The summed E-state index contributed by atoms with van der Waals surface area (Å²) in [5.41, 5.74) is 6.69. The van der Waals surface area contributed by atoms with Crippen molar-refractivity contribution in [3.63, 3.8) is 0 Å². The number of aromatic nitrogens is 3. The van der Waals surface area contributed by atoms with Crippen molar-refractivity contribution in [3.8, 4) is 0 Å². The van der Waals surface area contributed by atoms with Crippen LogP contribution in [0.25, 0.3) is 10.9 Å². The predicted octanol–water partition coefficient (Wildman–Crippen LogP) is 3.18. The Kier molecular flexibility index (Phi) is 6.72. The number of likely N-dealkylation sites (tertiary alicyclic amines) is 1. The molecule has 0 bridgehead atoms. The molecule has 5 rings (SSSR count). The summed E-state index contributed by atoms with van der Waals surface area (Å²) in [6.07, 6.45) is 1.73. The van der Waals surface area contributed by atoms with Crippen LogP contribution in [0.15, 0.2) is 53.9 Å². The topological polar surface area (TPSA) is 120 Å². The van der Waals surface area contributed by atoms with Gasteiger partial charge in [-0.15, -0.1) is 11.3 Å².